The molecule has 1 amide bonds. The van der Waals surface area contributed by atoms with E-state index in [1.54, 1.807) is 29.5 Å². The number of carbonyl (C=O) groups excluding carboxylic acids is 1. The quantitative estimate of drug-likeness (QED) is 0.869. The molecule has 0 atom stereocenters. The maximum Gasteiger partial charge on any atom is 0.242 e. The first-order valence-electron chi connectivity index (χ1n) is 6.21. The molecule has 0 fully saturated rings. The number of rotatable bonds is 6. The Kier molecular flexibility index (Phi) is 4.70. The van der Waals surface area contributed by atoms with Crippen LogP contribution in [0.3, 0.4) is 0 Å². The molecule has 2 aromatic rings. The summed E-state index contributed by atoms with van der Waals surface area (Å²) in [7, 11) is 1.81. The normalized spacial score (nSPS) is 10.6. The highest BCUT2D eigenvalue weighted by Gasteiger charge is 2.13. The number of thiophene rings is 1. The number of likely N-dealkylation sites (N-methyl/N-ethyl adjacent to an activating group) is 1. The largest absolute Gasteiger partial charge is 0.344 e. The van der Waals surface area contributed by atoms with E-state index in [-0.39, 0.29) is 5.91 Å². The molecule has 19 heavy (non-hydrogen) atoms. The van der Waals surface area contributed by atoms with Crippen molar-refractivity contribution in [1.82, 2.24) is 14.5 Å². The molecule has 0 aliphatic rings. The number of amides is 1. The molecule has 5 nitrogen and oxygen atoms in total. The van der Waals surface area contributed by atoms with Gasteiger partial charge in [0.15, 0.2) is 0 Å². The molecule has 0 saturated heterocycles. The van der Waals surface area contributed by atoms with Gasteiger partial charge in [-0.2, -0.15) is 0 Å². The van der Waals surface area contributed by atoms with Crippen LogP contribution in [-0.2, 0) is 11.3 Å². The second-order valence-corrected chi connectivity index (χ2v) is 5.26. The van der Waals surface area contributed by atoms with Crippen LogP contribution in [0.2, 0.25) is 0 Å². The average molecular weight is 278 g/mol. The second-order valence-electron chi connectivity index (χ2n) is 4.31. The molecular formula is C13H18N4OS. The molecule has 0 saturated carbocycles. The number of hydrogen-bond donors (Lipinski definition) is 1. The predicted molar refractivity (Wildman–Crippen MR) is 76.8 cm³/mol. The summed E-state index contributed by atoms with van der Waals surface area (Å²) in [5.74, 6) is 0.917. The number of imidazole rings is 1. The molecule has 6 heteroatoms. The lowest BCUT2D eigenvalue weighted by molar-refractivity contribution is -0.130. The van der Waals surface area contributed by atoms with Crippen molar-refractivity contribution in [2.24, 2.45) is 5.73 Å². The van der Waals surface area contributed by atoms with Crippen molar-refractivity contribution in [2.75, 3.05) is 20.1 Å². The number of nitrogens with two attached hydrogens (primary N) is 1. The van der Waals surface area contributed by atoms with Crippen molar-refractivity contribution in [1.29, 1.82) is 0 Å². The van der Waals surface area contributed by atoms with Crippen LogP contribution in [-0.4, -0.2) is 40.5 Å². The Hall–Kier alpha value is -1.66. The summed E-state index contributed by atoms with van der Waals surface area (Å²) in [5, 5.41) is 2.00. The van der Waals surface area contributed by atoms with Crippen LogP contribution in [0.5, 0.6) is 0 Å². The summed E-state index contributed by atoms with van der Waals surface area (Å²) >= 11 is 1.62. The first-order valence-corrected chi connectivity index (χ1v) is 7.09. The topological polar surface area (TPSA) is 64.2 Å². The Labute approximate surface area is 116 Å². The zero-order chi connectivity index (χ0) is 13.7. The van der Waals surface area contributed by atoms with E-state index in [1.165, 1.54) is 0 Å². The first-order chi connectivity index (χ1) is 9.22. The molecule has 2 aromatic heterocycles. The van der Waals surface area contributed by atoms with Crippen LogP contribution >= 0.6 is 11.3 Å². The van der Waals surface area contributed by atoms with Crippen molar-refractivity contribution in [3.8, 4) is 10.7 Å². The molecule has 0 spiro atoms. The Balaban J connectivity index is 2.04. The van der Waals surface area contributed by atoms with Crippen LogP contribution in [0, 0.1) is 0 Å². The lowest BCUT2D eigenvalue weighted by Gasteiger charge is -2.17. The van der Waals surface area contributed by atoms with Crippen molar-refractivity contribution in [3.05, 3.63) is 29.9 Å². The lowest BCUT2D eigenvalue weighted by atomic mass is 10.3. The number of aromatic nitrogens is 2. The fourth-order valence-corrected chi connectivity index (χ4v) is 2.52. The van der Waals surface area contributed by atoms with Gasteiger partial charge in [-0.05, 0) is 24.4 Å². The molecule has 0 bridgehead atoms. The highest BCUT2D eigenvalue weighted by Crippen LogP contribution is 2.22. The highest BCUT2D eigenvalue weighted by molar-refractivity contribution is 7.13. The highest BCUT2D eigenvalue weighted by atomic mass is 32.1. The van der Waals surface area contributed by atoms with Crippen LogP contribution < -0.4 is 5.73 Å². The molecule has 2 rings (SSSR count). The smallest absolute Gasteiger partial charge is 0.242 e. The third-order valence-electron chi connectivity index (χ3n) is 2.89. The fourth-order valence-electron chi connectivity index (χ4n) is 1.79. The van der Waals surface area contributed by atoms with Gasteiger partial charge in [0.25, 0.3) is 0 Å². The Morgan fingerprint density at radius 1 is 1.58 bits per heavy atom. The van der Waals surface area contributed by atoms with Crippen LogP contribution in [0.15, 0.2) is 29.9 Å². The van der Waals surface area contributed by atoms with E-state index < -0.39 is 0 Å². The van der Waals surface area contributed by atoms with E-state index >= 15 is 0 Å². The van der Waals surface area contributed by atoms with Gasteiger partial charge in [-0.3, -0.25) is 4.79 Å². The maximum atomic E-state index is 12.1. The molecule has 2 heterocycles. The van der Waals surface area contributed by atoms with Crippen molar-refractivity contribution in [3.63, 3.8) is 0 Å². The molecule has 0 aromatic carbocycles. The van der Waals surface area contributed by atoms with E-state index in [9.17, 15) is 4.79 Å². The van der Waals surface area contributed by atoms with Gasteiger partial charge >= 0.3 is 0 Å². The van der Waals surface area contributed by atoms with Crippen molar-refractivity contribution >= 4 is 17.2 Å². The van der Waals surface area contributed by atoms with Gasteiger partial charge in [0.2, 0.25) is 5.91 Å². The minimum Gasteiger partial charge on any atom is -0.344 e. The van der Waals surface area contributed by atoms with Gasteiger partial charge in [0, 0.05) is 26.0 Å². The third kappa shape index (κ3) is 3.42. The van der Waals surface area contributed by atoms with Gasteiger partial charge in [-0.25, -0.2) is 4.98 Å². The van der Waals surface area contributed by atoms with Gasteiger partial charge in [0.1, 0.15) is 12.4 Å². The van der Waals surface area contributed by atoms with Crippen molar-refractivity contribution in [2.45, 2.75) is 13.0 Å². The number of nitrogens with zero attached hydrogens (tertiary/aromatic N) is 3. The Morgan fingerprint density at radius 2 is 2.42 bits per heavy atom. The zero-order valence-electron chi connectivity index (χ0n) is 11.0. The average Bonchev–Trinajstić information content (AvgIpc) is 3.05. The van der Waals surface area contributed by atoms with Gasteiger partial charge in [-0.15, -0.1) is 11.3 Å². The first kappa shape index (κ1) is 13.8. The summed E-state index contributed by atoms with van der Waals surface area (Å²) in [5.41, 5.74) is 5.45. The minimum atomic E-state index is 0.0734. The summed E-state index contributed by atoms with van der Waals surface area (Å²) in [4.78, 5) is 19.2. The molecule has 2 N–H and O–H groups in total. The van der Waals surface area contributed by atoms with E-state index in [0.717, 1.165) is 17.1 Å². The number of hydrogen-bond acceptors (Lipinski definition) is 4. The zero-order valence-corrected chi connectivity index (χ0v) is 11.8. The molecular weight excluding hydrogens is 260 g/mol. The summed E-state index contributed by atoms with van der Waals surface area (Å²) in [6, 6.07) is 3.99. The molecule has 0 aliphatic carbocycles. The Bertz CT molecular complexity index is 520. The number of carbonyl (C=O) groups is 1. The van der Waals surface area contributed by atoms with Gasteiger partial charge in [0.05, 0.1) is 4.88 Å². The van der Waals surface area contributed by atoms with E-state index in [2.05, 4.69) is 4.98 Å². The Morgan fingerprint density at radius 3 is 3.11 bits per heavy atom. The van der Waals surface area contributed by atoms with Crippen LogP contribution in [0.25, 0.3) is 10.7 Å². The lowest BCUT2D eigenvalue weighted by Crippen LogP contribution is -2.32. The van der Waals surface area contributed by atoms with Crippen LogP contribution in [0.1, 0.15) is 6.42 Å². The predicted octanol–water partition coefficient (Wildman–Crippen LogP) is 1.42. The third-order valence-corrected chi connectivity index (χ3v) is 3.75. The van der Waals surface area contributed by atoms with Gasteiger partial charge < -0.3 is 15.2 Å². The van der Waals surface area contributed by atoms with E-state index in [1.807, 2.05) is 28.3 Å². The molecule has 0 radical (unpaired) electrons. The van der Waals surface area contributed by atoms with Crippen LogP contribution in [0.4, 0.5) is 0 Å². The summed E-state index contributed by atoms with van der Waals surface area (Å²) in [6.07, 6.45) is 4.38. The summed E-state index contributed by atoms with van der Waals surface area (Å²) < 4.78 is 1.88. The molecule has 0 aliphatic heterocycles. The standard InChI is InChI=1S/C13H18N4OS/c1-16(7-3-5-14)12(18)10-17-8-6-15-13(17)11-4-2-9-19-11/h2,4,6,8-9H,3,5,7,10,14H2,1H3. The van der Waals surface area contributed by atoms with E-state index in [0.29, 0.717) is 19.6 Å². The summed E-state index contributed by atoms with van der Waals surface area (Å²) in [6.45, 7) is 1.61. The SMILES string of the molecule is CN(CCCN)C(=O)Cn1ccnc1-c1cccs1. The second kappa shape index (κ2) is 6.49. The molecule has 0 unspecified atom stereocenters. The minimum absolute atomic E-state index is 0.0734. The molecule has 102 valence electrons. The maximum absolute atomic E-state index is 12.1. The fraction of sp³-hybridized carbons (Fsp3) is 0.385. The van der Waals surface area contributed by atoms with E-state index in [4.69, 9.17) is 5.73 Å². The van der Waals surface area contributed by atoms with Gasteiger partial charge in [-0.1, -0.05) is 6.07 Å². The monoisotopic (exact) mass is 278 g/mol. The van der Waals surface area contributed by atoms with Crippen molar-refractivity contribution < 1.29 is 4.79 Å².